The fourth-order valence-corrected chi connectivity index (χ4v) is 3.52. The lowest BCUT2D eigenvalue weighted by atomic mass is 9.89. The number of aromatic nitrogens is 1. The molecule has 1 aromatic heterocycles. The zero-order valence-corrected chi connectivity index (χ0v) is 14.7. The van der Waals surface area contributed by atoms with Crippen molar-refractivity contribution in [3.63, 3.8) is 0 Å². The van der Waals surface area contributed by atoms with Gasteiger partial charge in [-0.2, -0.15) is 0 Å². The second-order valence-corrected chi connectivity index (χ2v) is 6.83. The number of nitrogens with zero attached hydrogens (tertiary/aromatic N) is 3. The molecule has 0 N–H and O–H groups in total. The molecular weight excluding hydrogens is 306 g/mol. The van der Waals surface area contributed by atoms with Crippen molar-refractivity contribution in [2.75, 3.05) is 46.5 Å². The third-order valence-corrected chi connectivity index (χ3v) is 5.01. The number of amides is 1. The van der Waals surface area contributed by atoms with E-state index in [4.69, 9.17) is 9.47 Å². The van der Waals surface area contributed by atoms with Crippen LogP contribution < -0.4 is 0 Å². The molecule has 2 aliphatic heterocycles. The fraction of sp³-hybridized carbons (Fsp3) is 0.667. The number of morpholine rings is 1. The van der Waals surface area contributed by atoms with E-state index in [1.54, 1.807) is 7.11 Å². The number of rotatable bonds is 5. The van der Waals surface area contributed by atoms with Gasteiger partial charge in [-0.15, -0.1) is 0 Å². The molecule has 6 nitrogen and oxygen atoms in total. The van der Waals surface area contributed by atoms with Crippen molar-refractivity contribution in [1.29, 1.82) is 0 Å². The monoisotopic (exact) mass is 333 g/mol. The highest BCUT2D eigenvalue weighted by Crippen LogP contribution is 2.31. The summed E-state index contributed by atoms with van der Waals surface area (Å²) in [6.45, 7) is 7.10. The molecule has 3 heterocycles. The standard InChI is InChI=1S/C18H27N3O3/c1-15-4-3-5-16(19-15)12-21-14-18(24-13-17(21)22)6-8-20(9-7-18)10-11-23-2/h3-5H,6-14H2,1-2H3. The van der Waals surface area contributed by atoms with Crippen molar-refractivity contribution >= 4 is 5.91 Å². The summed E-state index contributed by atoms with van der Waals surface area (Å²) >= 11 is 0. The van der Waals surface area contributed by atoms with Gasteiger partial charge >= 0.3 is 0 Å². The molecule has 0 aromatic carbocycles. The molecule has 2 fully saturated rings. The van der Waals surface area contributed by atoms with Crippen molar-refractivity contribution in [3.05, 3.63) is 29.6 Å². The quantitative estimate of drug-likeness (QED) is 0.811. The van der Waals surface area contributed by atoms with E-state index < -0.39 is 0 Å². The van der Waals surface area contributed by atoms with Gasteiger partial charge in [0, 0.05) is 32.4 Å². The fourth-order valence-electron chi connectivity index (χ4n) is 3.52. The lowest BCUT2D eigenvalue weighted by Crippen LogP contribution is -2.58. The number of likely N-dealkylation sites (tertiary alicyclic amines) is 1. The van der Waals surface area contributed by atoms with Crippen LogP contribution in [0.1, 0.15) is 24.2 Å². The summed E-state index contributed by atoms with van der Waals surface area (Å²) < 4.78 is 11.1. The minimum Gasteiger partial charge on any atom is -0.383 e. The third kappa shape index (κ3) is 4.12. The topological polar surface area (TPSA) is 54.9 Å². The molecule has 3 rings (SSSR count). The number of pyridine rings is 1. The summed E-state index contributed by atoms with van der Waals surface area (Å²) in [7, 11) is 1.73. The van der Waals surface area contributed by atoms with Gasteiger partial charge in [-0.1, -0.05) is 6.07 Å². The van der Waals surface area contributed by atoms with Crippen LogP contribution in [0, 0.1) is 6.92 Å². The van der Waals surface area contributed by atoms with Gasteiger partial charge in [-0.25, -0.2) is 0 Å². The second-order valence-electron chi connectivity index (χ2n) is 6.83. The van der Waals surface area contributed by atoms with Crippen molar-refractivity contribution in [1.82, 2.24) is 14.8 Å². The Morgan fingerprint density at radius 1 is 1.33 bits per heavy atom. The van der Waals surface area contributed by atoms with Crippen molar-refractivity contribution in [2.24, 2.45) is 0 Å². The Labute approximate surface area is 143 Å². The van der Waals surface area contributed by atoms with Crippen molar-refractivity contribution < 1.29 is 14.3 Å². The van der Waals surface area contributed by atoms with Crippen LogP contribution in [0.2, 0.25) is 0 Å². The minimum absolute atomic E-state index is 0.0609. The van der Waals surface area contributed by atoms with E-state index >= 15 is 0 Å². The van der Waals surface area contributed by atoms with E-state index in [1.165, 1.54) is 0 Å². The van der Waals surface area contributed by atoms with Crippen LogP contribution >= 0.6 is 0 Å². The molecular formula is C18H27N3O3. The summed E-state index contributed by atoms with van der Waals surface area (Å²) in [6.07, 6.45) is 1.92. The predicted octanol–water partition coefficient (Wildman–Crippen LogP) is 1.23. The van der Waals surface area contributed by atoms with E-state index in [0.29, 0.717) is 13.1 Å². The molecule has 2 aliphatic rings. The lowest BCUT2D eigenvalue weighted by Gasteiger charge is -2.47. The molecule has 6 heteroatoms. The lowest BCUT2D eigenvalue weighted by molar-refractivity contribution is -0.172. The maximum absolute atomic E-state index is 12.3. The molecule has 0 radical (unpaired) electrons. The van der Waals surface area contributed by atoms with Gasteiger partial charge in [-0.3, -0.25) is 9.78 Å². The van der Waals surface area contributed by atoms with Crippen molar-refractivity contribution in [3.8, 4) is 0 Å². The minimum atomic E-state index is -0.193. The SMILES string of the molecule is COCCN1CCC2(CC1)CN(Cc1cccc(C)n1)C(=O)CO2. The normalized spacial score (nSPS) is 21.4. The molecule has 0 atom stereocenters. The summed E-state index contributed by atoms with van der Waals surface area (Å²) in [5.41, 5.74) is 1.73. The molecule has 2 saturated heterocycles. The number of piperidine rings is 1. The molecule has 132 valence electrons. The molecule has 1 spiro atoms. The Morgan fingerprint density at radius 3 is 2.83 bits per heavy atom. The van der Waals surface area contributed by atoms with E-state index in [0.717, 1.165) is 50.5 Å². The van der Waals surface area contributed by atoms with Crippen LogP contribution in [0.4, 0.5) is 0 Å². The van der Waals surface area contributed by atoms with Gasteiger partial charge in [0.25, 0.3) is 0 Å². The number of carbonyl (C=O) groups is 1. The van der Waals surface area contributed by atoms with Gasteiger partial charge in [0.2, 0.25) is 5.91 Å². The Hall–Kier alpha value is -1.50. The highest BCUT2D eigenvalue weighted by molar-refractivity contribution is 5.78. The average Bonchev–Trinajstić information content (AvgIpc) is 2.58. The van der Waals surface area contributed by atoms with Gasteiger partial charge in [0.05, 0.1) is 31.0 Å². The number of ether oxygens (including phenoxy) is 2. The smallest absolute Gasteiger partial charge is 0.249 e. The molecule has 0 saturated carbocycles. The van der Waals surface area contributed by atoms with Crippen LogP contribution in [0.5, 0.6) is 0 Å². The molecule has 24 heavy (non-hydrogen) atoms. The van der Waals surface area contributed by atoms with E-state index in [1.807, 2.05) is 30.0 Å². The van der Waals surface area contributed by atoms with Gasteiger partial charge in [-0.05, 0) is 31.9 Å². The number of hydrogen-bond donors (Lipinski definition) is 0. The summed E-state index contributed by atoms with van der Waals surface area (Å²) in [5, 5.41) is 0. The number of methoxy groups -OCH3 is 1. The van der Waals surface area contributed by atoms with E-state index in [9.17, 15) is 4.79 Å². The summed E-state index contributed by atoms with van der Waals surface area (Å²) in [4.78, 5) is 21.1. The Balaban J connectivity index is 1.60. The van der Waals surface area contributed by atoms with Gasteiger partial charge in [0.15, 0.2) is 0 Å². The zero-order chi connectivity index (χ0) is 17.0. The maximum atomic E-state index is 12.3. The first-order valence-corrected chi connectivity index (χ1v) is 8.66. The molecule has 0 bridgehead atoms. The predicted molar refractivity (Wildman–Crippen MR) is 90.6 cm³/mol. The molecule has 1 aromatic rings. The maximum Gasteiger partial charge on any atom is 0.249 e. The highest BCUT2D eigenvalue weighted by Gasteiger charge is 2.42. The van der Waals surface area contributed by atoms with Crippen LogP contribution in [0.3, 0.4) is 0 Å². The van der Waals surface area contributed by atoms with Crippen LogP contribution in [-0.4, -0.2) is 72.8 Å². The second kappa shape index (κ2) is 7.59. The first-order valence-electron chi connectivity index (χ1n) is 8.66. The third-order valence-electron chi connectivity index (χ3n) is 5.01. The number of carbonyl (C=O) groups excluding carboxylic acids is 1. The Kier molecular flexibility index (Phi) is 5.48. The Morgan fingerprint density at radius 2 is 2.12 bits per heavy atom. The Bertz CT molecular complexity index is 570. The molecule has 0 unspecified atom stereocenters. The van der Waals surface area contributed by atoms with Crippen LogP contribution in [0.25, 0.3) is 0 Å². The summed E-state index contributed by atoms with van der Waals surface area (Å²) in [6, 6.07) is 5.95. The van der Waals surface area contributed by atoms with Crippen LogP contribution in [-0.2, 0) is 20.8 Å². The molecule has 1 amide bonds. The first kappa shape index (κ1) is 17.3. The zero-order valence-electron chi connectivity index (χ0n) is 14.7. The largest absolute Gasteiger partial charge is 0.383 e. The first-order chi connectivity index (χ1) is 11.6. The van der Waals surface area contributed by atoms with E-state index in [-0.39, 0.29) is 18.1 Å². The number of aryl methyl sites for hydroxylation is 1. The van der Waals surface area contributed by atoms with Gasteiger partial charge in [0.1, 0.15) is 6.61 Å². The average molecular weight is 333 g/mol. The van der Waals surface area contributed by atoms with Crippen LogP contribution in [0.15, 0.2) is 18.2 Å². The van der Waals surface area contributed by atoms with Gasteiger partial charge < -0.3 is 19.3 Å². The molecule has 0 aliphatic carbocycles. The highest BCUT2D eigenvalue weighted by atomic mass is 16.5. The summed E-state index contributed by atoms with van der Waals surface area (Å²) in [5.74, 6) is 0.0609. The number of hydrogen-bond acceptors (Lipinski definition) is 5. The van der Waals surface area contributed by atoms with E-state index in [2.05, 4.69) is 9.88 Å². The van der Waals surface area contributed by atoms with Crippen molar-refractivity contribution in [2.45, 2.75) is 31.9 Å².